The van der Waals surface area contributed by atoms with E-state index in [1.807, 2.05) is 19.1 Å². The zero-order valence-corrected chi connectivity index (χ0v) is 8.51. The van der Waals surface area contributed by atoms with Crippen molar-refractivity contribution in [3.63, 3.8) is 0 Å². The zero-order valence-electron chi connectivity index (χ0n) is 8.51. The van der Waals surface area contributed by atoms with Crippen molar-refractivity contribution >= 4 is 6.09 Å². The van der Waals surface area contributed by atoms with E-state index < -0.39 is 6.09 Å². The molecule has 0 aliphatic rings. The number of nitrogens with zero attached hydrogens (tertiary/aromatic N) is 1. The molecule has 1 atom stereocenters. The van der Waals surface area contributed by atoms with Crippen molar-refractivity contribution in [2.75, 3.05) is 13.2 Å². The van der Waals surface area contributed by atoms with Crippen LogP contribution >= 0.6 is 0 Å². The van der Waals surface area contributed by atoms with Gasteiger partial charge in [0.1, 0.15) is 6.61 Å². The van der Waals surface area contributed by atoms with E-state index in [-0.39, 0.29) is 19.3 Å². The van der Waals surface area contributed by atoms with Crippen LogP contribution in [-0.4, -0.2) is 29.4 Å². The standard InChI is InChI=1S/C10H14N2O3/c1-8(9-4-2-3-5-11-9)12-10(14)15-7-6-13/h2-5,8,13H,6-7H2,1H3,(H,12,14)/t8-/m0/s1. The summed E-state index contributed by atoms with van der Waals surface area (Å²) in [5.41, 5.74) is 0.762. The van der Waals surface area contributed by atoms with Crippen LogP contribution in [0.5, 0.6) is 0 Å². The summed E-state index contributed by atoms with van der Waals surface area (Å²) in [6, 6.07) is 5.26. The Morgan fingerprint density at radius 3 is 3.07 bits per heavy atom. The number of aliphatic hydroxyl groups excluding tert-OH is 1. The molecule has 0 aromatic carbocycles. The van der Waals surface area contributed by atoms with E-state index in [1.165, 1.54) is 0 Å². The van der Waals surface area contributed by atoms with Gasteiger partial charge in [-0.3, -0.25) is 4.98 Å². The molecule has 1 aromatic rings. The van der Waals surface area contributed by atoms with Crippen LogP contribution in [0.4, 0.5) is 4.79 Å². The summed E-state index contributed by atoms with van der Waals surface area (Å²) in [5, 5.41) is 11.0. The maximum absolute atomic E-state index is 11.1. The van der Waals surface area contributed by atoms with Gasteiger partial charge in [-0.15, -0.1) is 0 Å². The van der Waals surface area contributed by atoms with Crippen LogP contribution in [0.2, 0.25) is 0 Å². The molecule has 0 radical (unpaired) electrons. The summed E-state index contributed by atoms with van der Waals surface area (Å²) in [6.07, 6.45) is 1.11. The molecule has 0 spiro atoms. The van der Waals surface area contributed by atoms with Gasteiger partial charge < -0.3 is 15.2 Å². The Hall–Kier alpha value is -1.62. The second-order valence-corrected chi connectivity index (χ2v) is 2.98. The second kappa shape index (κ2) is 5.98. The molecule has 0 saturated heterocycles. The van der Waals surface area contributed by atoms with E-state index >= 15 is 0 Å². The predicted octanol–water partition coefficient (Wildman–Crippen LogP) is 0.861. The number of carbonyl (C=O) groups is 1. The average molecular weight is 210 g/mol. The lowest BCUT2D eigenvalue weighted by molar-refractivity contribution is 0.116. The topological polar surface area (TPSA) is 71.5 Å². The Balaban J connectivity index is 2.42. The lowest BCUT2D eigenvalue weighted by Gasteiger charge is -2.12. The van der Waals surface area contributed by atoms with Crippen LogP contribution in [0, 0.1) is 0 Å². The summed E-state index contributed by atoms with van der Waals surface area (Å²) in [4.78, 5) is 15.2. The monoisotopic (exact) mass is 210 g/mol. The molecule has 0 unspecified atom stereocenters. The highest BCUT2D eigenvalue weighted by molar-refractivity contribution is 5.67. The first-order valence-corrected chi connectivity index (χ1v) is 4.69. The molecule has 5 nitrogen and oxygen atoms in total. The van der Waals surface area contributed by atoms with Gasteiger partial charge in [-0.1, -0.05) is 6.07 Å². The SMILES string of the molecule is C[C@H](NC(=O)OCCO)c1ccccn1. The number of nitrogens with one attached hydrogen (secondary N) is 1. The lowest BCUT2D eigenvalue weighted by Crippen LogP contribution is -2.28. The third kappa shape index (κ3) is 3.95. The van der Waals surface area contributed by atoms with Gasteiger partial charge in [0.05, 0.1) is 18.3 Å². The maximum atomic E-state index is 11.1. The Morgan fingerprint density at radius 2 is 2.47 bits per heavy atom. The number of pyridine rings is 1. The molecule has 0 saturated carbocycles. The quantitative estimate of drug-likeness (QED) is 0.773. The normalized spacial score (nSPS) is 11.9. The minimum atomic E-state index is -0.554. The summed E-state index contributed by atoms with van der Waals surface area (Å²) >= 11 is 0. The van der Waals surface area contributed by atoms with Crippen molar-refractivity contribution in [1.82, 2.24) is 10.3 Å². The number of aliphatic hydroxyl groups is 1. The van der Waals surface area contributed by atoms with Crippen LogP contribution in [0.15, 0.2) is 24.4 Å². The van der Waals surface area contributed by atoms with Gasteiger partial charge in [-0.05, 0) is 19.1 Å². The highest BCUT2D eigenvalue weighted by Crippen LogP contribution is 2.07. The van der Waals surface area contributed by atoms with Gasteiger partial charge in [0.15, 0.2) is 0 Å². The van der Waals surface area contributed by atoms with E-state index in [1.54, 1.807) is 12.3 Å². The van der Waals surface area contributed by atoms with Gasteiger partial charge in [0.25, 0.3) is 0 Å². The number of hydrogen-bond acceptors (Lipinski definition) is 4. The van der Waals surface area contributed by atoms with Gasteiger partial charge in [0, 0.05) is 6.20 Å². The van der Waals surface area contributed by atoms with Gasteiger partial charge in [-0.25, -0.2) is 4.79 Å². The summed E-state index contributed by atoms with van der Waals surface area (Å²) in [7, 11) is 0. The summed E-state index contributed by atoms with van der Waals surface area (Å²) < 4.78 is 4.66. The largest absolute Gasteiger partial charge is 0.447 e. The molecular weight excluding hydrogens is 196 g/mol. The smallest absolute Gasteiger partial charge is 0.407 e. The Labute approximate surface area is 88.1 Å². The molecule has 1 rings (SSSR count). The molecule has 0 bridgehead atoms. The van der Waals surface area contributed by atoms with E-state index in [0.29, 0.717) is 0 Å². The van der Waals surface area contributed by atoms with E-state index in [2.05, 4.69) is 15.0 Å². The Bertz CT molecular complexity index is 303. The number of amides is 1. The van der Waals surface area contributed by atoms with E-state index in [9.17, 15) is 4.79 Å². The van der Waals surface area contributed by atoms with Crippen LogP contribution in [0.3, 0.4) is 0 Å². The number of carbonyl (C=O) groups excluding carboxylic acids is 1. The number of alkyl carbamates (subject to hydrolysis) is 1. The first kappa shape index (κ1) is 11.5. The van der Waals surface area contributed by atoms with Crippen molar-refractivity contribution in [3.05, 3.63) is 30.1 Å². The molecule has 1 heterocycles. The van der Waals surface area contributed by atoms with Crippen LogP contribution in [-0.2, 0) is 4.74 Å². The van der Waals surface area contributed by atoms with Crippen molar-refractivity contribution in [2.45, 2.75) is 13.0 Å². The maximum Gasteiger partial charge on any atom is 0.407 e. The van der Waals surface area contributed by atoms with Gasteiger partial charge >= 0.3 is 6.09 Å². The van der Waals surface area contributed by atoms with Crippen LogP contribution < -0.4 is 5.32 Å². The highest BCUT2D eigenvalue weighted by atomic mass is 16.6. The third-order valence-electron chi connectivity index (χ3n) is 1.79. The fourth-order valence-electron chi connectivity index (χ4n) is 1.06. The van der Waals surface area contributed by atoms with Crippen LogP contribution in [0.1, 0.15) is 18.7 Å². The fourth-order valence-corrected chi connectivity index (χ4v) is 1.06. The third-order valence-corrected chi connectivity index (χ3v) is 1.79. The van der Waals surface area contributed by atoms with Crippen LogP contribution in [0.25, 0.3) is 0 Å². The molecule has 1 aromatic heterocycles. The molecule has 1 amide bonds. The second-order valence-electron chi connectivity index (χ2n) is 2.98. The minimum Gasteiger partial charge on any atom is -0.447 e. The molecule has 82 valence electrons. The van der Waals surface area contributed by atoms with Crippen molar-refractivity contribution < 1.29 is 14.6 Å². The molecule has 0 aliphatic carbocycles. The number of rotatable bonds is 4. The van der Waals surface area contributed by atoms with E-state index in [4.69, 9.17) is 5.11 Å². The van der Waals surface area contributed by atoms with Crippen molar-refractivity contribution in [2.24, 2.45) is 0 Å². The number of hydrogen-bond donors (Lipinski definition) is 2. The summed E-state index contributed by atoms with van der Waals surface area (Å²) in [5.74, 6) is 0. The zero-order chi connectivity index (χ0) is 11.1. The molecule has 15 heavy (non-hydrogen) atoms. The highest BCUT2D eigenvalue weighted by Gasteiger charge is 2.10. The first-order valence-electron chi connectivity index (χ1n) is 4.69. The van der Waals surface area contributed by atoms with Crippen molar-refractivity contribution in [3.8, 4) is 0 Å². The minimum absolute atomic E-state index is 0.000765. The number of aromatic nitrogens is 1. The van der Waals surface area contributed by atoms with E-state index in [0.717, 1.165) is 5.69 Å². The molecule has 2 N–H and O–H groups in total. The first-order chi connectivity index (χ1) is 7.24. The molecular formula is C10H14N2O3. The van der Waals surface area contributed by atoms with Crippen molar-refractivity contribution in [1.29, 1.82) is 0 Å². The number of ether oxygens (including phenoxy) is 1. The summed E-state index contributed by atoms with van der Waals surface area (Å²) in [6.45, 7) is 1.63. The lowest BCUT2D eigenvalue weighted by atomic mass is 10.2. The Morgan fingerprint density at radius 1 is 1.67 bits per heavy atom. The molecule has 0 aliphatic heterocycles. The predicted molar refractivity (Wildman–Crippen MR) is 54.2 cm³/mol. The Kier molecular flexibility index (Phi) is 4.56. The average Bonchev–Trinajstić information content (AvgIpc) is 2.27. The van der Waals surface area contributed by atoms with Gasteiger partial charge in [0.2, 0.25) is 0 Å². The fraction of sp³-hybridized carbons (Fsp3) is 0.400. The molecule has 0 fully saturated rings. The van der Waals surface area contributed by atoms with Gasteiger partial charge in [-0.2, -0.15) is 0 Å². The molecule has 5 heteroatoms.